The van der Waals surface area contributed by atoms with Crippen molar-refractivity contribution >= 4 is 51.5 Å². The van der Waals surface area contributed by atoms with Crippen LogP contribution in [-0.2, 0) is 11.4 Å². The highest BCUT2D eigenvalue weighted by atomic mass is 35.5. The standard InChI is InChI=1S/C25H30Cl2N8OS/c1-16(20-6-5-19(26)10-21(20)27)35-25-24(22(11-28)32-35)30-12-23(31-25)34-14-18(15-34)17-4-3-7-33(13-17)8-9-37(36)29-2/h5-6,10,12,16-18,29H,3-4,7-9,13-15H2,1-2H3/t16-,17+,37?/m1/s1. The molecule has 0 radical (unpaired) electrons. The minimum absolute atomic E-state index is 0.244. The predicted molar refractivity (Wildman–Crippen MR) is 147 cm³/mol. The molecule has 5 rings (SSSR count). The third-order valence-electron chi connectivity index (χ3n) is 7.54. The summed E-state index contributed by atoms with van der Waals surface area (Å²) >= 11 is 11.6. The zero-order chi connectivity index (χ0) is 26.1. The Bertz CT molecular complexity index is 1310. The fourth-order valence-electron chi connectivity index (χ4n) is 5.36. The fraction of sp³-hybridized carbons (Fsp3) is 0.520. The van der Waals surface area contributed by atoms with Crippen molar-refractivity contribution in [3.05, 3.63) is 45.7 Å². The Morgan fingerprint density at radius 1 is 1.27 bits per heavy atom. The summed E-state index contributed by atoms with van der Waals surface area (Å²) in [5.74, 6) is 2.68. The summed E-state index contributed by atoms with van der Waals surface area (Å²) in [6, 6.07) is 7.25. The van der Waals surface area contributed by atoms with Gasteiger partial charge in [-0.05, 0) is 55.8 Å². The molecule has 0 saturated carbocycles. The molecule has 2 fully saturated rings. The highest BCUT2D eigenvalue weighted by Gasteiger charge is 2.37. The highest BCUT2D eigenvalue weighted by molar-refractivity contribution is 7.89. The van der Waals surface area contributed by atoms with Gasteiger partial charge < -0.3 is 9.45 Å². The highest BCUT2D eigenvalue weighted by Crippen LogP contribution is 2.35. The van der Waals surface area contributed by atoms with Crippen LogP contribution in [0.25, 0.3) is 11.2 Å². The summed E-state index contributed by atoms with van der Waals surface area (Å²) < 4.78 is 16.3. The molecule has 1 N–H and O–H groups in total. The van der Waals surface area contributed by atoms with Crippen LogP contribution >= 0.6 is 23.2 Å². The van der Waals surface area contributed by atoms with Gasteiger partial charge in [0.15, 0.2) is 11.3 Å². The molecule has 9 nitrogen and oxygen atoms in total. The second-order valence-electron chi connectivity index (χ2n) is 9.77. The number of hydrogen-bond donors (Lipinski definition) is 1. The lowest BCUT2D eigenvalue weighted by Crippen LogP contribution is -2.54. The Balaban J connectivity index is 1.30. The third kappa shape index (κ3) is 5.53. The van der Waals surface area contributed by atoms with Crippen molar-refractivity contribution in [2.24, 2.45) is 11.8 Å². The van der Waals surface area contributed by atoms with Gasteiger partial charge in [0.1, 0.15) is 23.2 Å². The molecular weight excluding hydrogens is 531 g/mol. The van der Waals surface area contributed by atoms with Gasteiger partial charge in [-0.1, -0.05) is 29.3 Å². The minimum Gasteiger partial charge on any atom is -0.598 e. The van der Waals surface area contributed by atoms with E-state index in [1.165, 1.54) is 12.8 Å². The summed E-state index contributed by atoms with van der Waals surface area (Å²) in [6.45, 7) is 6.83. The number of piperidine rings is 1. The molecule has 0 bridgehead atoms. The Morgan fingerprint density at radius 3 is 2.81 bits per heavy atom. The summed E-state index contributed by atoms with van der Waals surface area (Å²) in [6.07, 6.45) is 4.15. The third-order valence-corrected chi connectivity index (χ3v) is 9.11. The Hall–Kier alpha value is -2.13. The Kier molecular flexibility index (Phi) is 8.10. The van der Waals surface area contributed by atoms with Crippen LogP contribution < -0.4 is 9.62 Å². The summed E-state index contributed by atoms with van der Waals surface area (Å²) in [7, 11) is 1.74. The number of fused-ring (bicyclic) bond motifs is 1. The molecule has 0 amide bonds. The number of nitrogens with zero attached hydrogens (tertiary/aromatic N) is 7. The maximum atomic E-state index is 11.7. The molecule has 0 aliphatic carbocycles. The zero-order valence-electron chi connectivity index (χ0n) is 20.9. The van der Waals surface area contributed by atoms with Crippen LogP contribution in [0.4, 0.5) is 5.82 Å². The predicted octanol–water partition coefficient (Wildman–Crippen LogP) is 3.65. The number of rotatable bonds is 8. The number of aromatic nitrogens is 4. The summed E-state index contributed by atoms with van der Waals surface area (Å²) in [5.41, 5.74) is 2.14. The number of anilines is 1. The lowest BCUT2D eigenvalue weighted by molar-refractivity contribution is 0.125. The van der Waals surface area contributed by atoms with E-state index in [1.54, 1.807) is 30.1 Å². The molecule has 196 valence electrons. The van der Waals surface area contributed by atoms with E-state index in [9.17, 15) is 9.81 Å². The van der Waals surface area contributed by atoms with Gasteiger partial charge in [-0.25, -0.2) is 14.6 Å². The van der Waals surface area contributed by atoms with Gasteiger partial charge >= 0.3 is 0 Å². The molecule has 1 aromatic carbocycles. The Morgan fingerprint density at radius 2 is 2.08 bits per heavy atom. The first-order valence-electron chi connectivity index (χ1n) is 12.5. The van der Waals surface area contributed by atoms with Crippen molar-refractivity contribution in [1.29, 1.82) is 5.26 Å². The van der Waals surface area contributed by atoms with Crippen LogP contribution in [0.3, 0.4) is 0 Å². The van der Waals surface area contributed by atoms with E-state index in [0.29, 0.717) is 38.8 Å². The van der Waals surface area contributed by atoms with Crippen molar-refractivity contribution in [1.82, 2.24) is 29.4 Å². The normalized spacial score (nSPS) is 20.5. The van der Waals surface area contributed by atoms with Crippen LogP contribution in [0.5, 0.6) is 0 Å². The van der Waals surface area contributed by atoms with Crippen molar-refractivity contribution in [3.63, 3.8) is 0 Å². The molecule has 12 heteroatoms. The lowest BCUT2D eigenvalue weighted by Gasteiger charge is -2.47. The van der Waals surface area contributed by atoms with Gasteiger partial charge in [0.25, 0.3) is 0 Å². The molecule has 2 aliphatic rings. The molecule has 37 heavy (non-hydrogen) atoms. The average Bonchev–Trinajstić information content (AvgIpc) is 3.24. The van der Waals surface area contributed by atoms with Crippen LogP contribution in [0.2, 0.25) is 10.0 Å². The maximum absolute atomic E-state index is 11.7. The van der Waals surface area contributed by atoms with E-state index in [-0.39, 0.29) is 11.7 Å². The molecule has 4 heterocycles. The second kappa shape index (κ2) is 11.3. The van der Waals surface area contributed by atoms with Crippen molar-refractivity contribution < 1.29 is 4.55 Å². The first-order valence-corrected chi connectivity index (χ1v) is 14.6. The van der Waals surface area contributed by atoms with E-state index < -0.39 is 11.4 Å². The van der Waals surface area contributed by atoms with Crippen molar-refractivity contribution in [2.75, 3.05) is 50.4 Å². The monoisotopic (exact) mass is 560 g/mol. The molecule has 0 spiro atoms. The van der Waals surface area contributed by atoms with Gasteiger partial charge in [0.2, 0.25) is 0 Å². The van der Waals surface area contributed by atoms with Crippen LogP contribution in [-0.4, -0.2) is 74.7 Å². The van der Waals surface area contributed by atoms with Gasteiger partial charge in [-0.15, -0.1) is 4.72 Å². The zero-order valence-corrected chi connectivity index (χ0v) is 23.2. The lowest BCUT2D eigenvalue weighted by atomic mass is 9.80. The topological polar surface area (TPSA) is 109 Å². The number of halogens is 2. The second-order valence-corrected chi connectivity index (χ2v) is 12.1. The number of hydrogen-bond acceptors (Lipinski definition) is 8. The summed E-state index contributed by atoms with van der Waals surface area (Å²) in [5, 5.41) is 15.3. The maximum Gasteiger partial charge on any atom is 0.190 e. The van der Waals surface area contributed by atoms with Crippen LogP contribution in [0, 0.1) is 23.2 Å². The number of nitriles is 1. The van der Waals surface area contributed by atoms with Gasteiger partial charge in [0, 0.05) is 54.6 Å². The van der Waals surface area contributed by atoms with E-state index in [2.05, 4.69) is 30.7 Å². The van der Waals surface area contributed by atoms with E-state index in [1.807, 2.05) is 13.0 Å². The van der Waals surface area contributed by atoms with E-state index >= 15 is 0 Å². The molecule has 3 aromatic rings. The largest absolute Gasteiger partial charge is 0.598 e. The van der Waals surface area contributed by atoms with E-state index in [4.69, 9.17) is 28.2 Å². The average molecular weight is 562 g/mol. The van der Waals surface area contributed by atoms with Gasteiger partial charge in [0.05, 0.1) is 12.2 Å². The summed E-state index contributed by atoms with van der Waals surface area (Å²) in [4.78, 5) is 14.2. The first-order chi connectivity index (χ1) is 17.9. The van der Waals surface area contributed by atoms with Crippen molar-refractivity contribution in [3.8, 4) is 6.07 Å². The van der Waals surface area contributed by atoms with E-state index in [0.717, 1.165) is 44.1 Å². The molecule has 1 unspecified atom stereocenters. The molecule has 2 aromatic heterocycles. The number of likely N-dealkylation sites (tertiary alicyclic amines) is 1. The van der Waals surface area contributed by atoms with Crippen molar-refractivity contribution in [2.45, 2.75) is 25.8 Å². The van der Waals surface area contributed by atoms with Gasteiger partial charge in [-0.3, -0.25) is 4.90 Å². The molecular formula is C25H30Cl2N8OS. The minimum atomic E-state index is -0.956. The fourth-order valence-corrected chi connectivity index (χ4v) is 6.55. The quantitative estimate of drug-likeness (QED) is 0.416. The Labute approximate surface area is 230 Å². The van der Waals surface area contributed by atoms with Gasteiger partial charge in [-0.2, -0.15) is 10.4 Å². The molecule has 3 atom stereocenters. The first kappa shape index (κ1) is 26.5. The van der Waals surface area contributed by atoms with Crippen LogP contribution in [0.1, 0.15) is 37.1 Å². The smallest absolute Gasteiger partial charge is 0.190 e. The molecule has 2 saturated heterocycles. The number of benzene rings is 1. The van der Waals surface area contributed by atoms with Crippen LogP contribution in [0.15, 0.2) is 24.4 Å². The number of nitrogens with one attached hydrogen (secondary N) is 1. The SMILES string of the molecule is CN[S+]([O-])CCN1CCC[C@H](C2CN(c3cnc4c(C#N)nn([C@H](C)c5ccc(Cl)cc5Cl)c4n3)C2)C1. The molecule has 2 aliphatic heterocycles.